The van der Waals surface area contributed by atoms with Gasteiger partial charge >= 0.3 is 0 Å². The van der Waals surface area contributed by atoms with Gasteiger partial charge in [0.2, 0.25) is 0 Å². The van der Waals surface area contributed by atoms with Crippen LogP contribution in [-0.4, -0.2) is 34.9 Å². The molecule has 1 heterocycles. The molecule has 0 unspecified atom stereocenters. The molecule has 0 aliphatic carbocycles. The molecule has 23 heavy (non-hydrogen) atoms. The number of amides is 1. The zero-order valence-electron chi connectivity index (χ0n) is 13.9. The number of carbonyl (C=O) groups excluding carboxylic acids is 1. The maximum Gasteiger partial charge on any atom is 0.271 e. The Balaban J connectivity index is 2.04. The minimum atomic E-state index is -0.367. The van der Waals surface area contributed by atoms with Crippen molar-refractivity contribution < 1.29 is 9.53 Å². The molecule has 2 rings (SSSR count). The fourth-order valence-corrected chi connectivity index (χ4v) is 2.17. The smallest absolute Gasteiger partial charge is 0.271 e. The first-order valence-corrected chi connectivity index (χ1v) is 7.78. The van der Waals surface area contributed by atoms with Gasteiger partial charge in [0.05, 0.1) is 12.8 Å². The second-order valence-electron chi connectivity index (χ2n) is 5.60. The molecule has 0 saturated heterocycles. The Hall–Kier alpha value is -2.34. The second kappa shape index (κ2) is 7.28. The topological polar surface area (TPSA) is 82.2 Å². The van der Waals surface area contributed by atoms with Crippen LogP contribution in [0.4, 0.5) is 0 Å². The molecule has 0 radical (unpaired) electrons. The van der Waals surface area contributed by atoms with Gasteiger partial charge < -0.3 is 15.8 Å². The van der Waals surface area contributed by atoms with Crippen LogP contribution < -0.4 is 15.8 Å². The number of rotatable bonds is 7. The summed E-state index contributed by atoms with van der Waals surface area (Å²) in [4.78, 5) is 12.2. The lowest BCUT2D eigenvalue weighted by Gasteiger charge is -2.26. The SMILES string of the molecule is CCC(N)(CC)CNC(=O)c1ccn(-c2ccc(OC)cc2)n1. The predicted octanol–water partition coefficient (Wildman–Crippen LogP) is 2.13. The molecule has 1 amide bonds. The molecular formula is C17H24N4O2. The molecular weight excluding hydrogens is 292 g/mol. The summed E-state index contributed by atoms with van der Waals surface area (Å²) in [6, 6.07) is 9.15. The van der Waals surface area contributed by atoms with E-state index in [1.54, 1.807) is 24.1 Å². The number of ether oxygens (including phenoxy) is 1. The molecule has 124 valence electrons. The predicted molar refractivity (Wildman–Crippen MR) is 89.9 cm³/mol. The van der Waals surface area contributed by atoms with E-state index >= 15 is 0 Å². The van der Waals surface area contributed by atoms with Crippen LogP contribution in [0.25, 0.3) is 5.69 Å². The molecule has 0 fully saturated rings. The van der Waals surface area contributed by atoms with Crippen LogP contribution in [0.3, 0.4) is 0 Å². The van der Waals surface area contributed by atoms with Gasteiger partial charge in [0, 0.05) is 18.3 Å². The highest BCUT2D eigenvalue weighted by Crippen LogP contribution is 2.15. The largest absolute Gasteiger partial charge is 0.497 e. The van der Waals surface area contributed by atoms with Crippen molar-refractivity contribution in [1.82, 2.24) is 15.1 Å². The summed E-state index contributed by atoms with van der Waals surface area (Å²) in [6.07, 6.45) is 3.38. The van der Waals surface area contributed by atoms with Crippen molar-refractivity contribution in [1.29, 1.82) is 0 Å². The molecule has 1 aromatic heterocycles. The summed E-state index contributed by atoms with van der Waals surface area (Å²) in [7, 11) is 1.62. The van der Waals surface area contributed by atoms with Crippen LogP contribution in [0.15, 0.2) is 36.5 Å². The first-order valence-electron chi connectivity index (χ1n) is 7.78. The fraction of sp³-hybridized carbons (Fsp3) is 0.412. The van der Waals surface area contributed by atoms with Gasteiger partial charge in [0.1, 0.15) is 5.75 Å². The number of hydrogen-bond donors (Lipinski definition) is 2. The Morgan fingerprint density at radius 3 is 2.48 bits per heavy atom. The molecule has 2 aromatic rings. The minimum Gasteiger partial charge on any atom is -0.497 e. The summed E-state index contributed by atoms with van der Waals surface area (Å²) in [5.74, 6) is 0.561. The third-order valence-corrected chi connectivity index (χ3v) is 4.17. The standard InChI is InChI=1S/C17H24N4O2/c1-4-17(18,5-2)12-19-16(22)15-10-11-21(20-15)13-6-8-14(23-3)9-7-13/h6-11H,4-5,12,18H2,1-3H3,(H,19,22). The van der Waals surface area contributed by atoms with Crippen molar-refractivity contribution in [3.63, 3.8) is 0 Å². The molecule has 0 aliphatic heterocycles. The molecule has 1 aromatic carbocycles. The van der Waals surface area contributed by atoms with Crippen LogP contribution in [0.1, 0.15) is 37.2 Å². The maximum atomic E-state index is 12.2. The van der Waals surface area contributed by atoms with Crippen LogP contribution in [0, 0.1) is 0 Å². The number of carbonyl (C=O) groups is 1. The number of methoxy groups -OCH3 is 1. The van der Waals surface area contributed by atoms with E-state index in [-0.39, 0.29) is 11.4 Å². The van der Waals surface area contributed by atoms with Crippen molar-refractivity contribution in [2.75, 3.05) is 13.7 Å². The van der Waals surface area contributed by atoms with E-state index in [1.807, 2.05) is 38.1 Å². The van der Waals surface area contributed by atoms with Gasteiger partial charge in [-0.3, -0.25) is 4.79 Å². The molecule has 0 bridgehead atoms. The number of nitrogens with two attached hydrogens (primary N) is 1. The lowest BCUT2D eigenvalue weighted by Crippen LogP contribution is -2.49. The van der Waals surface area contributed by atoms with E-state index in [4.69, 9.17) is 10.5 Å². The first kappa shape index (κ1) is 17.0. The van der Waals surface area contributed by atoms with E-state index in [0.717, 1.165) is 24.3 Å². The minimum absolute atomic E-state index is 0.214. The van der Waals surface area contributed by atoms with E-state index in [0.29, 0.717) is 12.2 Å². The van der Waals surface area contributed by atoms with Crippen LogP contribution in [0.5, 0.6) is 5.75 Å². The van der Waals surface area contributed by atoms with Gasteiger partial charge in [0.15, 0.2) is 5.69 Å². The average Bonchev–Trinajstić information content (AvgIpc) is 3.09. The van der Waals surface area contributed by atoms with E-state index in [1.165, 1.54) is 0 Å². The lowest BCUT2D eigenvalue weighted by molar-refractivity contribution is 0.0936. The maximum absolute atomic E-state index is 12.2. The van der Waals surface area contributed by atoms with E-state index in [9.17, 15) is 4.79 Å². The van der Waals surface area contributed by atoms with Crippen molar-refractivity contribution >= 4 is 5.91 Å². The van der Waals surface area contributed by atoms with Crippen LogP contribution >= 0.6 is 0 Å². The van der Waals surface area contributed by atoms with Gasteiger partial charge in [-0.05, 0) is 43.2 Å². The number of nitrogens with one attached hydrogen (secondary N) is 1. The first-order chi connectivity index (χ1) is 11.0. The van der Waals surface area contributed by atoms with Crippen molar-refractivity contribution in [3.8, 4) is 11.4 Å². The van der Waals surface area contributed by atoms with Gasteiger partial charge in [-0.2, -0.15) is 5.10 Å². The van der Waals surface area contributed by atoms with Crippen molar-refractivity contribution in [2.24, 2.45) is 5.73 Å². The Labute approximate surface area is 136 Å². The summed E-state index contributed by atoms with van der Waals surface area (Å²) < 4.78 is 6.78. The van der Waals surface area contributed by atoms with Gasteiger partial charge in [-0.1, -0.05) is 13.8 Å². The Morgan fingerprint density at radius 1 is 1.26 bits per heavy atom. The zero-order valence-corrected chi connectivity index (χ0v) is 13.9. The normalized spacial score (nSPS) is 11.3. The zero-order chi connectivity index (χ0) is 16.9. The van der Waals surface area contributed by atoms with Gasteiger partial charge in [0.25, 0.3) is 5.91 Å². The van der Waals surface area contributed by atoms with Gasteiger partial charge in [-0.15, -0.1) is 0 Å². The molecule has 0 atom stereocenters. The monoisotopic (exact) mass is 316 g/mol. The van der Waals surface area contributed by atoms with Crippen LogP contribution in [0.2, 0.25) is 0 Å². The van der Waals surface area contributed by atoms with Crippen molar-refractivity contribution in [2.45, 2.75) is 32.2 Å². The Kier molecular flexibility index (Phi) is 5.39. The highest BCUT2D eigenvalue weighted by Gasteiger charge is 2.21. The van der Waals surface area contributed by atoms with E-state index < -0.39 is 0 Å². The summed E-state index contributed by atoms with van der Waals surface area (Å²) >= 11 is 0. The molecule has 6 nitrogen and oxygen atoms in total. The number of aromatic nitrogens is 2. The summed E-state index contributed by atoms with van der Waals surface area (Å²) in [5.41, 5.74) is 7.06. The highest BCUT2D eigenvalue weighted by molar-refractivity contribution is 5.92. The molecule has 6 heteroatoms. The fourth-order valence-electron chi connectivity index (χ4n) is 2.17. The quantitative estimate of drug-likeness (QED) is 0.820. The number of hydrogen-bond acceptors (Lipinski definition) is 4. The molecule has 0 aliphatic rings. The lowest BCUT2D eigenvalue weighted by atomic mass is 9.94. The Morgan fingerprint density at radius 2 is 1.91 bits per heavy atom. The summed E-state index contributed by atoms with van der Waals surface area (Å²) in [6.45, 7) is 4.48. The average molecular weight is 316 g/mol. The third-order valence-electron chi connectivity index (χ3n) is 4.17. The molecule has 0 spiro atoms. The van der Waals surface area contributed by atoms with Crippen LogP contribution in [-0.2, 0) is 0 Å². The van der Waals surface area contributed by atoms with Gasteiger partial charge in [-0.25, -0.2) is 4.68 Å². The Bertz CT molecular complexity index is 645. The number of benzene rings is 1. The van der Waals surface area contributed by atoms with E-state index in [2.05, 4.69) is 10.4 Å². The van der Waals surface area contributed by atoms with Crippen molar-refractivity contribution in [3.05, 3.63) is 42.2 Å². The third kappa shape index (κ3) is 4.10. The molecule has 3 N–H and O–H groups in total. The highest BCUT2D eigenvalue weighted by atomic mass is 16.5. The number of nitrogens with zero attached hydrogens (tertiary/aromatic N) is 2. The summed E-state index contributed by atoms with van der Waals surface area (Å²) in [5, 5.41) is 7.18. The molecule has 0 saturated carbocycles. The second-order valence-corrected chi connectivity index (χ2v) is 5.60.